The molecule has 1 amide bonds. The minimum Gasteiger partial charge on any atom is -0.493 e. The predicted octanol–water partition coefficient (Wildman–Crippen LogP) is 3.45. The lowest BCUT2D eigenvalue weighted by atomic mass is 10.0. The maximum absolute atomic E-state index is 12.5. The molecule has 0 aliphatic rings. The summed E-state index contributed by atoms with van der Waals surface area (Å²) in [5.74, 6) is 1.06. The number of carbonyl (C=O) groups excluding carboxylic acids is 1. The van der Waals surface area contributed by atoms with Crippen LogP contribution in [-0.4, -0.2) is 26.2 Å². The van der Waals surface area contributed by atoms with E-state index < -0.39 is 0 Å². The number of hydrogen-bond acceptors (Lipinski definition) is 3. The summed E-state index contributed by atoms with van der Waals surface area (Å²) < 4.78 is 10.4. The lowest BCUT2D eigenvalue weighted by Crippen LogP contribution is -2.36. The van der Waals surface area contributed by atoms with Gasteiger partial charge in [-0.15, -0.1) is 0 Å². The van der Waals surface area contributed by atoms with Gasteiger partial charge in [0.05, 0.1) is 14.2 Å². The minimum atomic E-state index is -0.103. The van der Waals surface area contributed by atoms with Crippen molar-refractivity contribution >= 4 is 5.91 Å². The molecule has 23 heavy (non-hydrogen) atoms. The molecule has 4 nitrogen and oxygen atoms in total. The minimum absolute atomic E-state index is 0.0954. The number of methoxy groups -OCH3 is 2. The molecule has 2 rings (SSSR count). The highest BCUT2D eigenvalue weighted by Crippen LogP contribution is 2.27. The zero-order chi connectivity index (χ0) is 16.7. The normalized spacial score (nSPS) is 11.6. The monoisotopic (exact) mass is 313 g/mol. The van der Waals surface area contributed by atoms with Crippen molar-refractivity contribution in [1.29, 1.82) is 0 Å². The van der Waals surface area contributed by atoms with Gasteiger partial charge >= 0.3 is 0 Å². The van der Waals surface area contributed by atoms with Crippen molar-refractivity contribution in [3.63, 3.8) is 0 Å². The van der Waals surface area contributed by atoms with Gasteiger partial charge in [-0.3, -0.25) is 4.79 Å². The van der Waals surface area contributed by atoms with E-state index >= 15 is 0 Å². The predicted molar refractivity (Wildman–Crippen MR) is 91.2 cm³/mol. The van der Waals surface area contributed by atoms with Crippen LogP contribution in [0.4, 0.5) is 0 Å². The van der Waals surface area contributed by atoms with Gasteiger partial charge in [-0.2, -0.15) is 0 Å². The van der Waals surface area contributed by atoms with Crippen molar-refractivity contribution in [2.45, 2.75) is 25.8 Å². The van der Waals surface area contributed by atoms with Crippen LogP contribution < -0.4 is 14.8 Å². The van der Waals surface area contributed by atoms with Crippen LogP contribution in [0.3, 0.4) is 0 Å². The molecule has 1 N–H and O–H groups in total. The van der Waals surface area contributed by atoms with E-state index in [0.29, 0.717) is 17.1 Å². The molecule has 2 aromatic carbocycles. The Bertz CT molecular complexity index is 640. The number of nitrogens with one attached hydrogen (secondary N) is 1. The Hall–Kier alpha value is -2.49. The van der Waals surface area contributed by atoms with Crippen LogP contribution in [0, 0.1) is 0 Å². The number of benzene rings is 2. The van der Waals surface area contributed by atoms with E-state index in [-0.39, 0.29) is 11.9 Å². The average Bonchev–Trinajstić information content (AvgIpc) is 2.61. The van der Waals surface area contributed by atoms with Gasteiger partial charge in [-0.25, -0.2) is 0 Å². The highest BCUT2D eigenvalue weighted by atomic mass is 16.5. The molecule has 0 radical (unpaired) electrons. The second-order valence-corrected chi connectivity index (χ2v) is 5.34. The van der Waals surface area contributed by atoms with Gasteiger partial charge in [0.1, 0.15) is 0 Å². The van der Waals surface area contributed by atoms with E-state index in [1.54, 1.807) is 32.4 Å². The van der Waals surface area contributed by atoms with Gasteiger partial charge in [0.15, 0.2) is 11.5 Å². The summed E-state index contributed by atoms with van der Waals surface area (Å²) in [6.45, 7) is 2.07. The summed E-state index contributed by atoms with van der Waals surface area (Å²) in [5.41, 5.74) is 1.78. The maximum atomic E-state index is 12.5. The Balaban J connectivity index is 2.07. The Kier molecular flexibility index (Phi) is 6.03. The second-order valence-electron chi connectivity index (χ2n) is 5.34. The van der Waals surface area contributed by atoms with Gasteiger partial charge in [0.2, 0.25) is 0 Å². The summed E-state index contributed by atoms with van der Waals surface area (Å²) in [5, 5.41) is 3.08. The van der Waals surface area contributed by atoms with Crippen LogP contribution >= 0.6 is 0 Å². The molecule has 1 atom stereocenters. The van der Waals surface area contributed by atoms with Crippen LogP contribution in [0.5, 0.6) is 11.5 Å². The third kappa shape index (κ3) is 4.49. The fraction of sp³-hybridized carbons (Fsp3) is 0.316. The molecule has 4 heteroatoms. The zero-order valence-electron chi connectivity index (χ0n) is 13.8. The molecule has 0 aliphatic carbocycles. The quantitative estimate of drug-likeness (QED) is 0.851. The average molecular weight is 313 g/mol. The van der Waals surface area contributed by atoms with Crippen LogP contribution in [0.25, 0.3) is 0 Å². The third-order valence-electron chi connectivity index (χ3n) is 3.80. The van der Waals surface area contributed by atoms with E-state index in [0.717, 1.165) is 12.8 Å². The van der Waals surface area contributed by atoms with Gasteiger partial charge in [-0.05, 0) is 36.6 Å². The summed E-state index contributed by atoms with van der Waals surface area (Å²) >= 11 is 0. The zero-order valence-corrected chi connectivity index (χ0v) is 13.8. The summed E-state index contributed by atoms with van der Waals surface area (Å²) in [4.78, 5) is 12.5. The topological polar surface area (TPSA) is 47.6 Å². The van der Waals surface area contributed by atoms with E-state index in [9.17, 15) is 4.79 Å². The van der Waals surface area contributed by atoms with Crippen LogP contribution in [0.2, 0.25) is 0 Å². The van der Waals surface area contributed by atoms with Crippen molar-refractivity contribution in [3.8, 4) is 11.5 Å². The summed E-state index contributed by atoms with van der Waals surface area (Å²) in [6, 6.07) is 15.4. The maximum Gasteiger partial charge on any atom is 0.251 e. The van der Waals surface area contributed by atoms with E-state index in [1.807, 2.05) is 18.2 Å². The molecule has 0 aliphatic heterocycles. The molecule has 0 saturated heterocycles. The van der Waals surface area contributed by atoms with E-state index in [4.69, 9.17) is 9.47 Å². The van der Waals surface area contributed by atoms with Gasteiger partial charge in [0.25, 0.3) is 5.91 Å². The van der Waals surface area contributed by atoms with Crippen LogP contribution in [0.1, 0.15) is 29.3 Å². The SMILES string of the molecule is CC[C@H](Cc1ccccc1)NC(=O)c1ccc(OC)c(OC)c1. The number of carbonyl (C=O) groups is 1. The lowest BCUT2D eigenvalue weighted by Gasteiger charge is -2.18. The Morgan fingerprint density at radius 2 is 1.74 bits per heavy atom. The van der Waals surface area contributed by atoms with Crippen molar-refractivity contribution in [2.24, 2.45) is 0 Å². The standard InChI is InChI=1S/C19H23NO3/c1-4-16(12-14-8-6-5-7-9-14)20-19(21)15-10-11-17(22-2)18(13-15)23-3/h5-11,13,16H,4,12H2,1-3H3,(H,20,21)/t16-/m1/s1. The molecule has 0 aromatic heterocycles. The van der Waals surface area contributed by atoms with Crippen molar-refractivity contribution < 1.29 is 14.3 Å². The highest BCUT2D eigenvalue weighted by molar-refractivity contribution is 5.95. The van der Waals surface area contributed by atoms with Crippen molar-refractivity contribution in [1.82, 2.24) is 5.32 Å². The van der Waals surface area contributed by atoms with Crippen LogP contribution in [-0.2, 0) is 6.42 Å². The Morgan fingerprint density at radius 1 is 1.04 bits per heavy atom. The van der Waals surface area contributed by atoms with Crippen molar-refractivity contribution in [2.75, 3.05) is 14.2 Å². The molecule has 0 bridgehead atoms. The molecule has 0 spiro atoms. The molecule has 122 valence electrons. The summed E-state index contributed by atoms with van der Waals surface area (Å²) in [7, 11) is 3.13. The van der Waals surface area contributed by atoms with Gasteiger partial charge in [-0.1, -0.05) is 37.3 Å². The number of ether oxygens (including phenoxy) is 2. The fourth-order valence-corrected chi connectivity index (χ4v) is 2.44. The molecule has 0 fully saturated rings. The Morgan fingerprint density at radius 3 is 2.35 bits per heavy atom. The van der Waals surface area contributed by atoms with E-state index in [1.165, 1.54) is 5.56 Å². The smallest absolute Gasteiger partial charge is 0.251 e. The largest absolute Gasteiger partial charge is 0.493 e. The van der Waals surface area contributed by atoms with Crippen LogP contribution in [0.15, 0.2) is 48.5 Å². The molecular formula is C19H23NO3. The van der Waals surface area contributed by atoms with E-state index in [2.05, 4.69) is 24.4 Å². The highest BCUT2D eigenvalue weighted by Gasteiger charge is 2.15. The lowest BCUT2D eigenvalue weighted by molar-refractivity contribution is 0.0935. The molecule has 2 aromatic rings. The fourth-order valence-electron chi connectivity index (χ4n) is 2.44. The summed E-state index contributed by atoms with van der Waals surface area (Å²) in [6.07, 6.45) is 1.68. The number of hydrogen-bond donors (Lipinski definition) is 1. The number of amides is 1. The van der Waals surface area contributed by atoms with Gasteiger partial charge < -0.3 is 14.8 Å². The van der Waals surface area contributed by atoms with Crippen molar-refractivity contribution in [3.05, 3.63) is 59.7 Å². The molecule has 0 unspecified atom stereocenters. The first kappa shape index (κ1) is 16.9. The first-order chi connectivity index (χ1) is 11.2. The molecular weight excluding hydrogens is 290 g/mol. The Labute approximate surface area is 137 Å². The first-order valence-electron chi connectivity index (χ1n) is 7.74. The second kappa shape index (κ2) is 8.22. The van der Waals surface area contributed by atoms with Gasteiger partial charge in [0, 0.05) is 11.6 Å². The molecule has 0 saturated carbocycles. The molecule has 0 heterocycles. The first-order valence-corrected chi connectivity index (χ1v) is 7.74. The number of rotatable bonds is 7. The third-order valence-corrected chi connectivity index (χ3v) is 3.80.